The third-order valence-corrected chi connectivity index (χ3v) is 5.49. The van der Waals surface area contributed by atoms with E-state index >= 15 is 0 Å². The Morgan fingerprint density at radius 1 is 0.963 bits per heavy atom. The Morgan fingerprint density at radius 2 is 1.63 bits per heavy atom. The first-order chi connectivity index (χ1) is 13.0. The van der Waals surface area contributed by atoms with Crippen LogP contribution in [0.1, 0.15) is 21.5 Å². The van der Waals surface area contributed by atoms with E-state index < -0.39 is 10.0 Å². The molecule has 0 bridgehead atoms. The molecular weight excluding hydrogens is 362 g/mol. The molecule has 0 saturated carbocycles. The minimum atomic E-state index is -3.29. The van der Waals surface area contributed by atoms with Gasteiger partial charge in [-0.15, -0.1) is 0 Å². The Balaban J connectivity index is 1.62. The molecule has 1 amide bonds. The first kappa shape index (κ1) is 18.9. The van der Waals surface area contributed by atoms with Crippen LogP contribution in [0.15, 0.2) is 73.1 Å². The standard InChI is InChI=1S/C20H21N3O3S/c1-21-27(25,26)15-17-9-7-16(8-10-17)14-22-20(24)18-5-4-6-19(13-18)23-11-2-3-12-23/h2-13,21H,14-15H2,1H3,(H,22,24). The molecule has 0 saturated heterocycles. The molecule has 1 heterocycles. The van der Waals surface area contributed by atoms with Crippen LogP contribution in [0.3, 0.4) is 0 Å². The van der Waals surface area contributed by atoms with Crippen molar-refractivity contribution in [3.8, 4) is 5.69 Å². The smallest absolute Gasteiger partial charge is 0.251 e. The van der Waals surface area contributed by atoms with E-state index in [-0.39, 0.29) is 11.7 Å². The summed E-state index contributed by atoms with van der Waals surface area (Å²) in [6.07, 6.45) is 3.85. The van der Waals surface area contributed by atoms with E-state index in [0.29, 0.717) is 17.7 Å². The van der Waals surface area contributed by atoms with Crippen molar-refractivity contribution in [1.82, 2.24) is 14.6 Å². The highest BCUT2D eigenvalue weighted by Gasteiger charge is 2.09. The third kappa shape index (κ3) is 5.06. The molecule has 140 valence electrons. The van der Waals surface area contributed by atoms with E-state index in [1.165, 1.54) is 7.05 Å². The maximum atomic E-state index is 12.4. The summed E-state index contributed by atoms with van der Waals surface area (Å²) in [7, 11) is -1.90. The van der Waals surface area contributed by atoms with Crippen LogP contribution in [0, 0.1) is 0 Å². The van der Waals surface area contributed by atoms with E-state index in [1.54, 1.807) is 18.2 Å². The van der Waals surface area contributed by atoms with Crippen molar-refractivity contribution in [1.29, 1.82) is 0 Å². The largest absolute Gasteiger partial charge is 0.348 e. The van der Waals surface area contributed by atoms with Gasteiger partial charge in [0, 0.05) is 30.2 Å². The molecule has 0 unspecified atom stereocenters. The zero-order valence-electron chi connectivity index (χ0n) is 14.9. The topological polar surface area (TPSA) is 80.2 Å². The Hall–Kier alpha value is -2.90. The fourth-order valence-corrected chi connectivity index (χ4v) is 3.42. The summed E-state index contributed by atoms with van der Waals surface area (Å²) in [5.41, 5.74) is 3.09. The normalized spacial score (nSPS) is 11.3. The average molecular weight is 383 g/mol. The van der Waals surface area contributed by atoms with Gasteiger partial charge in [-0.25, -0.2) is 13.1 Å². The van der Waals surface area contributed by atoms with E-state index in [0.717, 1.165) is 11.3 Å². The number of aromatic nitrogens is 1. The van der Waals surface area contributed by atoms with Crippen molar-refractivity contribution in [3.05, 3.63) is 89.7 Å². The first-order valence-corrected chi connectivity index (χ1v) is 10.1. The SMILES string of the molecule is CNS(=O)(=O)Cc1ccc(CNC(=O)c2cccc(-n3cccc3)c2)cc1. The number of carbonyl (C=O) groups is 1. The molecule has 2 N–H and O–H groups in total. The van der Waals surface area contributed by atoms with Gasteiger partial charge in [0.1, 0.15) is 0 Å². The molecular formula is C20H21N3O3S. The Labute approximate surface area is 158 Å². The van der Waals surface area contributed by atoms with Crippen molar-refractivity contribution in [2.24, 2.45) is 0 Å². The number of benzene rings is 2. The number of nitrogens with zero attached hydrogens (tertiary/aromatic N) is 1. The Kier molecular flexibility index (Phi) is 5.73. The molecule has 7 heteroatoms. The monoisotopic (exact) mass is 383 g/mol. The first-order valence-electron chi connectivity index (χ1n) is 8.47. The minimum Gasteiger partial charge on any atom is -0.348 e. The second-order valence-electron chi connectivity index (χ2n) is 6.10. The lowest BCUT2D eigenvalue weighted by molar-refractivity contribution is 0.0951. The highest BCUT2D eigenvalue weighted by atomic mass is 32.2. The summed E-state index contributed by atoms with van der Waals surface area (Å²) in [5.74, 6) is -0.228. The third-order valence-electron chi connectivity index (χ3n) is 4.15. The number of hydrogen-bond acceptors (Lipinski definition) is 3. The van der Waals surface area contributed by atoms with Crippen molar-refractivity contribution < 1.29 is 13.2 Å². The predicted octanol–water partition coefficient (Wildman–Crippen LogP) is 2.46. The van der Waals surface area contributed by atoms with Gasteiger partial charge in [-0.05, 0) is 48.5 Å². The molecule has 0 aliphatic carbocycles. The maximum Gasteiger partial charge on any atom is 0.251 e. The van der Waals surface area contributed by atoms with Gasteiger partial charge < -0.3 is 9.88 Å². The second-order valence-corrected chi connectivity index (χ2v) is 8.03. The number of sulfonamides is 1. The van der Waals surface area contributed by atoms with Crippen LogP contribution < -0.4 is 10.0 Å². The lowest BCUT2D eigenvalue weighted by atomic mass is 10.1. The van der Waals surface area contributed by atoms with Gasteiger partial charge in [0.2, 0.25) is 10.0 Å². The van der Waals surface area contributed by atoms with Crippen LogP contribution in [0.2, 0.25) is 0 Å². The zero-order valence-corrected chi connectivity index (χ0v) is 15.7. The molecule has 1 aromatic heterocycles. The molecule has 0 fully saturated rings. The van der Waals surface area contributed by atoms with Gasteiger partial charge in [-0.1, -0.05) is 30.3 Å². The second kappa shape index (κ2) is 8.20. The Morgan fingerprint density at radius 3 is 2.30 bits per heavy atom. The molecule has 0 aliphatic heterocycles. The number of hydrogen-bond donors (Lipinski definition) is 2. The van der Waals surface area contributed by atoms with Crippen LogP contribution in [-0.4, -0.2) is 25.9 Å². The molecule has 6 nitrogen and oxygen atoms in total. The van der Waals surface area contributed by atoms with E-state index in [4.69, 9.17) is 0 Å². The molecule has 0 aliphatic rings. The van der Waals surface area contributed by atoms with Gasteiger partial charge >= 0.3 is 0 Å². The summed E-state index contributed by atoms with van der Waals surface area (Å²) < 4.78 is 27.4. The number of nitrogens with one attached hydrogen (secondary N) is 2. The number of carbonyl (C=O) groups excluding carboxylic acids is 1. The van der Waals surface area contributed by atoms with E-state index in [9.17, 15) is 13.2 Å². The van der Waals surface area contributed by atoms with Crippen LogP contribution in [0.5, 0.6) is 0 Å². The van der Waals surface area contributed by atoms with Gasteiger partial charge in [0.25, 0.3) is 5.91 Å². The molecule has 3 rings (SSSR count). The molecule has 2 aromatic carbocycles. The molecule has 0 spiro atoms. The van der Waals surface area contributed by atoms with Crippen LogP contribution in [0.25, 0.3) is 5.69 Å². The number of rotatable bonds is 7. The van der Waals surface area contributed by atoms with Gasteiger partial charge in [-0.3, -0.25) is 4.79 Å². The lowest BCUT2D eigenvalue weighted by Crippen LogP contribution is -2.23. The highest BCUT2D eigenvalue weighted by molar-refractivity contribution is 7.88. The van der Waals surface area contributed by atoms with Gasteiger partial charge in [-0.2, -0.15) is 0 Å². The van der Waals surface area contributed by atoms with Gasteiger partial charge in [0.05, 0.1) is 5.75 Å². The van der Waals surface area contributed by atoms with Crippen LogP contribution in [-0.2, 0) is 22.3 Å². The van der Waals surface area contributed by atoms with Crippen LogP contribution in [0.4, 0.5) is 0 Å². The quantitative estimate of drug-likeness (QED) is 0.658. The fraction of sp³-hybridized carbons (Fsp3) is 0.150. The number of amides is 1. The van der Waals surface area contributed by atoms with Crippen molar-refractivity contribution >= 4 is 15.9 Å². The molecule has 0 atom stereocenters. The molecule has 27 heavy (non-hydrogen) atoms. The average Bonchev–Trinajstić information content (AvgIpc) is 3.22. The fourth-order valence-electron chi connectivity index (χ4n) is 2.64. The van der Waals surface area contributed by atoms with Gasteiger partial charge in [0.15, 0.2) is 0 Å². The predicted molar refractivity (Wildman–Crippen MR) is 105 cm³/mol. The summed E-state index contributed by atoms with van der Waals surface area (Å²) >= 11 is 0. The lowest BCUT2D eigenvalue weighted by Gasteiger charge is -2.09. The van der Waals surface area contributed by atoms with Crippen molar-refractivity contribution in [3.63, 3.8) is 0 Å². The Bertz CT molecular complexity index is 1010. The maximum absolute atomic E-state index is 12.4. The molecule has 3 aromatic rings. The minimum absolute atomic E-state index is 0.0671. The summed E-state index contributed by atoms with van der Waals surface area (Å²) in [6.45, 7) is 0.367. The summed E-state index contributed by atoms with van der Waals surface area (Å²) in [6, 6.07) is 18.4. The molecule has 0 radical (unpaired) electrons. The van der Waals surface area contributed by atoms with Crippen LogP contribution >= 0.6 is 0 Å². The zero-order chi connectivity index (χ0) is 19.3. The summed E-state index contributed by atoms with van der Waals surface area (Å²) in [5, 5.41) is 2.89. The highest BCUT2D eigenvalue weighted by Crippen LogP contribution is 2.12. The summed E-state index contributed by atoms with van der Waals surface area (Å²) in [4.78, 5) is 12.4. The van der Waals surface area contributed by atoms with E-state index in [1.807, 2.05) is 59.4 Å². The van der Waals surface area contributed by atoms with Crippen molar-refractivity contribution in [2.75, 3.05) is 7.05 Å². The van der Waals surface area contributed by atoms with Crippen molar-refractivity contribution in [2.45, 2.75) is 12.3 Å². The van der Waals surface area contributed by atoms with E-state index in [2.05, 4.69) is 10.0 Å².